The maximum atomic E-state index is 11.5. The van der Waals surface area contributed by atoms with Crippen LogP contribution in [0.15, 0.2) is 0 Å². The van der Waals surface area contributed by atoms with Gasteiger partial charge in [0.2, 0.25) is 0 Å². The van der Waals surface area contributed by atoms with Gasteiger partial charge in [-0.1, -0.05) is 0 Å². The van der Waals surface area contributed by atoms with Crippen molar-refractivity contribution in [2.75, 3.05) is 40.3 Å². The number of hydrogen-bond donors (Lipinski definition) is 1. The number of hydrogen-bond acceptors (Lipinski definition) is 3. The van der Waals surface area contributed by atoms with Crippen molar-refractivity contribution in [3.63, 3.8) is 0 Å². The van der Waals surface area contributed by atoms with E-state index in [9.17, 15) is 9.59 Å². The van der Waals surface area contributed by atoms with Gasteiger partial charge in [-0.25, -0.2) is 4.79 Å². The Morgan fingerprint density at radius 3 is 2.69 bits per heavy atom. The number of nitrogens with zero attached hydrogens (tertiary/aromatic N) is 2. The molecule has 1 rings (SSSR count). The van der Waals surface area contributed by atoms with Crippen LogP contribution in [0.5, 0.6) is 0 Å². The van der Waals surface area contributed by atoms with E-state index < -0.39 is 0 Å². The minimum Gasteiger partial charge on any atom is -0.390 e. The molecule has 2 amide bonds. The average Bonchev–Trinajstić information content (AvgIpc) is 2.02. The quantitative estimate of drug-likeness (QED) is 0.531. The van der Waals surface area contributed by atoms with Gasteiger partial charge in [0.05, 0.1) is 13.7 Å². The van der Waals surface area contributed by atoms with Crippen molar-refractivity contribution in [3.8, 4) is 0 Å². The van der Waals surface area contributed by atoms with Crippen LogP contribution in [0.2, 0.25) is 0 Å². The number of aliphatic hydroxyl groups is 1. The lowest BCUT2D eigenvalue weighted by atomic mass is 10.2. The highest BCUT2D eigenvalue weighted by Gasteiger charge is 2.40. The molecule has 0 bridgehead atoms. The molecule has 0 saturated carbocycles. The Balaban J connectivity index is 2.76. The molecule has 1 aliphatic rings. The molecule has 1 unspecified atom stereocenters. The lowest BCUT2D eigenvalue weighted by Gasteiger charge is -2.36. The van der Waals surface area contributed by atoms with Crippen molar-refractivity contribution in [1.82, 2.24) is 4.90 Å². The predicted molar refractivity (Wildman–Crippen MR) is 45.6 cm³/mol. The van der Waals surface area contributed by atoms with E-state index in [4.69, 9.17) is 5.11 Å². The van der Waals surface area contributed by atoms with Gasteiger partial charge in [-0.05, 0) is 0 Å². The largest absolute Gasteiger partial charge is 0.390 e. The van der Waals surface area contributed by atoms with Gasteiger partial charge in [0.1, 0.15) is 13.1 Å². The second-order valence-electron chi connectivity index (χ2n) is 3.64. The summed E-state index contributed by atoms with van der Waals surface area (Å²) in [6, 6.07) is 0. The molecule has 0 radical (unpaired) electrons. The summed E-state index contributed by atoms with van der Waals surface area (Å²) >= 11 is 0. The van der Waals surface area contributed by atoms with Crippen LogP contribution in [0, 0.1) is 0 Å². The third-order valence-corrected chi connectivity index (χ3v) is 2.48. The Morgan fingerprint density at radius 1 is 1.54 bits per heavy atom. The fourth-order valence-corrected chi connectivity index (χ4v) is 1.39. The third-order valence-electron chi connectivity index (χ3n) is 2.48. The molecular weight excluding hydrogens is 172 g/mol. The maximum Gasteiger partial charge on any atom is 0.333 e. The maximum absolute atomic E-state index is 11.5. The highest BCUT2D eigenvalue weighted by molar-refractivity contribution is 5.87. The molecule has 0 aromatic carbocycles. The molecule has 0 aromatic rings. The van der Waals surface area contributed by atoms with Crippen molar-refractivity contribution >= 4 is 11.8 Å². The molecule has 1 aliphatic heterocycles. The van der Waals surface area contributed by atoms with Gasteiger partial charge in [0, 0.05) is 7.05 Å². The molecule has 0 aliphatic carbocycles. The highest BCUT2D eigenvalue weighted by Crippen LogP contribution is 2.10. The van der Waals surface area contributed by atoms with Gasteiger partial charge in [0.25, 0.3) is 5.91 Å². The first-order valence-corrected chi connectivity index (χ1v) is 4.22. The first-order chi connectivity index (χ1) is 5.99. The number of amides is 2. The van der Waals surface area contributed by atoms with Crippen LogP contribution in [0.25, 0.3) is 0 Å². The second-order valence-corrected chi connectivity index (χ2v) is 3.64. The van der Waals surface area contributed by atoms with Crippen molar-refractivity contribution in [3.05, 3.63) is 0 Å². The van der Waals surface area contributed by atoms with Crippen LogP contribution in [0.4, 0.5) is 0 Å². The number of carbonyl (C=O) groups excluding carboxylic acids is 2. The summed E-state index contributed by atoms with van der Waals surface area (Å²) in [4.78, 5) is 24.3. The van der Waals surface area contributed by atoms with E-state index in [0.29, 0.717) is 6.54 Å². The summed E-state index contributed by atoms with van der Waals surface area (Å²) in [6.07, 6.45) is 0. The SMILES string of the molecule is CN1CC(=O)[N+](C)(CCO)CC1=O. The Kier molecular flexibility index (Phi) is 2.68. The summed E-state index contributed by atoms with van der Waals surface area (Å²) in [7, 11) is 3.30. The monoisotopic (exact) mass is 187 g/mol. The molecule has 1 saturated heterocycles. The molecule has 5 heteroatoms. The second kappa shape index (κ2) is 3.43. The van der Waals surface area contributed by atoms with Gasteiger partial charge < -0.3 is 10.0 Å². The van der Waals surface area contributed by atoms with E-state index in [0.717, 1.165) is 0 Å². The minimum absolute atomic E-state index is 0.0175. The van der Waals surface area contributed by atoms with E-state index >= 15 is 0 Å². The zero-order valence-electron chi connectivity index (χ0n) is 7.99. The van der Waals surface area contributed by atoms with E-state index in [-0.39, 0.29) is 36.0 Å². The highest BCUT2D eigenvalue weighted by atomic mass is 16.3. The molecule has 1 N–H and O–H groups in total. The number of piperazine rings is 1. The van der Waals surface area contributed by atoms with Crippen LogP contribution in [0.3, 0.4) is 0 Å². The van der Waals surface area contributed by atoms with E-state index in [1.54, 1.807) is 14.1 Å². The van der Waals surface area contributed by atoms with E-state index in [1.807, 2.05) is 0 Å². The zero-order valence-corrected chi connectivity index (χ0v) is 7.99. The first kappa shape index (κ1) is 10.1. The van der Waals surface area contributed by atoms with Gasteiger partial charge >= 0.3 is 5.91 Å². The average molecular weight is 187 g/mol. The fraction of sp³-hybridized carbons (Fsp3) is 0.750. The topological polar surface area (TPSA) is 57.6 Å². The lowest BCUT2D eigenvalue weighted by Crippen LogP contribution is -2.63. The van der Waals surface area contributed by atoms with Gasteiger partial charge in [0.15, 0.2) is 6.54 Å². The summed E-state index contributed by atoms with van der Waals surface area (Å²) in [5, 5.41) is 8.76. The number of carbonyl (C=O) groups is 2. The molecule has 0 aromatic heterocycles. The van der Waals surface area contributed by atoms with Crippen LogP contribution in [-0.2, 0) is 9.59 Å². The number of likely N-dealkylation sites (N-methyl/N-ethyl adjacent to an activating group) is 2. The Labute approximate surface area is 77.1 Å². The van der Waals surface area contributed by atoms with Crippen molar-refractivity contribution in [1.29, 1.82) is 0 Å². The fourth-order valence-electron chi connectivity index (χ4n) is 1.39. The molecule has 1 fully saturated rings. The van der Waals surface area contributed by atoms with Crippen molar-refractivity contribution in [2.45, 2.75) is 0 Å². The minimum atomic E-state index is -0.0702. The molecular formula is C8H15N2O3+. The molecule has 13 heavy (non-hydrogen) atoms. The molecule has 1 atom stereocenters. The molecule has 74 valence electrons. The smallest absolute Gasteiger partial charge is 0.333 e. The lowest BCUT2D eigenvalue weighted by molar-refractivity contribution is -0.829. The molecule has 5 nitrogen and oxygen atoms in total. The molecule has 0 spiro atoms. The first-order valence-electron chi connectivity index (χ1n) is 4.22. The number of quaternary nitrogens is 1. The van der Waals surface area contributed by atoms with Gasteiger partial charge in [-0.15, -0.1) is 0 Å². The standard InChI is InChI=1S/C8H15N2O3/c1-9-5-8(13)10(2,3-4-11)6-7(9)12/h11H,3-6H2,1-2H3/q+1. The zero-order chi connectivity index (χ0) is 10.1. The van der Waals surface area contributed by atoms with E-state index in [2.05, 4.69) is 0 Å². The Hall–Kier alpha value is -0.940. The third kappa shape index (κ3) is 1.87. The number of rotatable bonds is 2. The number of aliphatic hydroxyl groups excluding tert-OH is 1. The Bertz CT molecular complexity index is 242. The molecule has 1 heterocycles. The van der Waals surface area contributed by atoms with Crippen LogP contribution in [0.1, 0.15) is 0 Å². The van der Waals surface area contributed by atoms with Crippen molar-refractivity contribution in [2.24, 2.45) is 0 Å². The van der Waals surface area contributed by atoms with Crippen LogP contribution >= 0.6 is 0 Å². The summed E-state index contributed by atoms with van der Waals surface area (Å²) in [5.41, 5.74) is 0. The Morgan fingerprint density at radius 2 is 2.15 bits per heavy atom. The van der Waals surface area contributed by atoms with Crippen molar-refractivity contribution < 1.29 is 19.2 Å². The van der Waals surface area contributed by atoms with Crippen LogP contribution < -0.4 is 0 Å². The normalized spacial score (nSPS) is 29.6. The summed E-state index contributed by atoms with van der Waals surface area (Å²) in [6.45, 7) is 0.558. The predicted octanol–water partition coefficient (Wildman–Crippen LogP) is -1.58. The van der Waals surface area contributed by atoms with Gasteiger partial charge in [-0.3, -0.25) is 9.28 Å². The summed E-state index contributed by atoms with van der Waals surface area (Å²) in [5.74, 6) is -0.0632. The summed E-state index contributed by atoms with van der Waals surface area (Å²) < 4.78 is 0.0275. The van der Waals surface area contributed by atoms with Gasteiger partial charge in [-0.2, -0.15) is 0 Å². The van der Waals surface area contributed by atoms with E-state index in [1.165, 1.54) is 4.90 Å². The van der Waals surface area contributed by atoms with Crippen LogP contribution in [-0.4, -0.2) is 66.6 Å².